The number of carbonyl (C=O) groups is 1. The van der Waals surface area contributed by atoms with Crippen LogP contribution in [0.5, 0.6) is 0 Å². The van der Waals surface area contributed by atoms with Gasteiger partial charge in [0.1, 0.15) is 0 Å². The molecule has 98 valence electrons. The average molecular weight is 240 g/mol. The monoisotopic (exact) mass is 240 g/mol. The molecule has 0 bridgehead atoms. The zero-order valence-corrected chi connectivity index (χ0v) is 10.7. The van der Waals surface area contributed by atoms with E-state index in [1.807, 2.05) is 0 Å². The molecule has 0 aliphatic carbocycles. The molecule has 0 spiro atoms. The lowest BCUT2D eigenvalue weighted by molar-refractivity contribution is 0.208. The van der Waals surface area contributed by atoms with Crippen molar-refractivity contribution in [3.05, 3.63) is 0 Å². The predicted molar refractivity (Wildman–Crippen MR) is 68.0 cm³/mol. The third-order valence-corrected chi connectivity index (χ3v) is 3.67. The second kappa shape index (κ2) is 6.21. The Hall–Kier alpha value is -0.810. The molecule has 2 heterocycles. The first-order chi connectivity index (χ1) is 8.24. The van der Waals surface area contributed by atoms with E-state index in [2.05, 4.69) is 27.9 Å². The molecule has 0 aromatic rings. The number of hydrogen-bond donors (Lipinski definition) is 3. The van der Waals surface area contributed by atoms with Crippen LogP contribution in [0.2, 0.25) is 0 Å². The van der Waals surface area contributed by atoms with Gasteiger partial charge >= 0.3 is 6.03 Å². The van der Waals surface area contributed by atoms with Crippen molar-refractivity contribution in [2.75, 3.05) is 39.8 Å². The van der Waals surface area contributed by atoms with Crippen molar-refractivity contribution in [1.29, 1.82) is 0 Å². The van der Waals surface area contributed by atoms with Crippen molar-refractivity contribution in [3.8, 4) is 0 Å². The number of likely N-dealkylation sites (N-methyl/N-ethyl adjacent to an activating group) is 1. The Labute approximate surface area is 103 Å². The second-order valence-electron chi connectivity index (χ2n) is 5.31. The van der Waals surface area contributed by atoms with Crippen molar-refractivity contribution >= 4 is 6.03 Å². The van der Waals surface area contributed by atoms with Crippen LogP contribution in [0.25, 0.3) is 0 Å². The lowest BCUT2D eigenvalue weighted by atomic mass is 10.1. The number of carbonyl (C=O) groups excluding carboxylic acids is 1. The standard InChI is InChI=1S/C12H24N4O/c1-16-6-2-3-11(9-16)15-12(17)14-8-10-4-5-13-7-10/h10-11,13H,2-9H2,1H3,(H2,14,15,17). The fourth-order valence-electron chi connectivity index (χ4n) is 2.65. The van der Waals surface area contributed by atoms with Crippen LogP contribution in [-0.2, 0) is 0 Å². The maximum Gasteiger partial charge on any atom is 0.315 e. The molecular formula is C12H24N4O. The zero-order valence-electron chi connectivity index (χ0n) is 10.7. The number of piperidine rings is 1. The first-order valence-corrected chi connectivity index (χ1v) is 6.67. The molecule has 5 heteroatoms. The summed E-state index contributed by atoms with van der Waals surface area (Å²) in [7, 11) is 2.11. The number of hydrogen-bond acceptors (Lipinski definition) is 3. The van der Waals surface area contributed by atoms with E-state index in [0.717, 1.165) is 39.1 Å². The number of nitrogens with zero attached hydrogens (tertiary/aromatic N) is 1. The highest BCUT2D eigenvalue weighted by Gasteiger charge is 2.20. The summed E-state index contributed by atoms with van der Waals surface area (Å²) in [6, 6.07) is 0.313. The van der Waals surface area contributed by atoms with E-state index in [4.69, 9.17) is 0 Å². The molecule has 17 heavy (non-hydrogen) atoms. The minimum atomic E-state index is -0.00259. The topological polar surface area (TPSA) is 56.4 Å². The third kappa shape index (κ3) is 4.16. The van der Waals surface area contributed by atoms with Gasteiger partial charge in [0.05, 0.1) is 0 Å². The normalized spacial score (nSPS) is 30.2. The zero-order chi connectivity index (χ0) is 12.1. The van der Waals surface area contributed by atoms with Gasteiger partial charge in [-0.2, -0.15) is 0 Å². The molecule has 5 nitrogen and oxygen atoms in total. The minimum absolute atomic E-state index is 0.00259. The van der Waals surface area contributed by atoms with Gasteiger partial charge in [-0.05, 0) is 51.9 Å². The van der Waals surface area contributed by atoms with Gasteiger partial charge in [-0.15, -0.1) is 0 Å². The van der Waals surface area contributed by atoms with E-state index < -0.39 is 0 Å². The Morgan fingerprint density at radius 1 is 1.47 bits per heavy atom. The van der Waals surface area contributed by atoms with Crippen molar-refractivity contribution in [3.63, 3.8) is 0 Å². The smallest absolute Gasteiger partial charge is 0.315 e. The third-order valence-electron chi connectivity index (χ3n) is 3.67. The van der Waals surface area contributed by atoms with Gasteiger partial charge in [0.25, 0.3) is 0 Å². The molecule has 3 N–H and O–H groups in total. The Morgan fingerprint density at radius 2 is 2.35 bits per heavy atom. The molecule has 2 atom stereocenters. The number of rotatable bonds is 3. The summed E-state index contributed by atoms with van der Waals surface area (Å²) in [5.41, 5.74) is 0. The van der Waals surface area contributed by atoms with E-state index in [1.54, 1.807) is 0 Å². The highest BCUT2D eigenvalue weighted by molar-refractivity contribution is 5.74. The molecule has 2 rings (SSSR count). The highest BCUT2D eigenvalue weighted by Crippen LogP contribution is 2.08. The van der Waals surface area contributed by atoms with Gasteiger partial charge in [-0.3, -0.25) is 0 Å². The average Bonchev–Trinajstić information content (AvgIpc) is 2.79. The molecule has 2 amide bonds. The minimum Gasteiger partial charge on any atom is -0.338 e. The van der Waals surface area contributed by atoms with Crippen LogP contribution < -0.4 is 16.0 Å². The maximum absolute atomic E-state index is 11.7. The summed E-state index contributed by atoms with van der Waals surface area (Å²) < 4.78 is 0. The Morgan fingerprint density at radius 3 is 3.06 bits per heavy atom. The predicted octanol–water partition coefficient (Wildman–Crippen LogP) is -0.0107. The van der Waals surface area contributed by atoms with Crippen LogP contribution in [-0.4, -0.2) is 56.7 Å². The fourth-order valence-corrected chi connectivity index (χ4v) is 2.65. The molecule has 2 aliphatic heterocycles. The molecule has 2 fully saturated rings. The summed E-state index contributed by atoms with van der Waals surface area (Å²) in [5.74, 6) is 0.606. The highest BCUT2D eigenvalue weighted by atomic mass is 16.2. The molecule has 0 radical (unpaired) electrons. The molecule has 2 unspecified atom stereocenters. The maximum atomic E-state index is 11.7. The first kappa shape index (κ1) is 12.6. The molecule has 2 saturated heterocycles. The van der Waals surface area contributed by atoms with Crippen LogP contribution in [0.3, 0.4) is 0 Å². The van der Waals surface area contributed by atoms with Crippen LogP contribution in [0.1, 0.15) is 19.3 Å². The summed E-state index contributed by atoms with van der Waals surface area (Å²) >= 11 is 0. The van der Waals surface area contributed by atoms with Gasteiger partial charge in [-0.1, -0.05) is 0 Å². The Bertz CT molecular complexity index is 253. The number of amides is 2. The van der Waals surface area contributed by atoms with Crippen molar-refractivity contribution in [1.82, 2.24) is 20.9 Å². The first-order valence-electron chi connectivity index (χ1n) is 6.67. The summed E-state index contributed by atoms with van der Waals surface area (Å²) in [4.78, 5) is 14.0. The Kier molecular flexibility index (Phi) is 4.62. The van der Waals surface area contributed by atoms with Crippen molar-refractivity contribution in [2.45, 2.75) is 25.3 Å². The Balaban J connectivity index is 1.62. The van der Waals surface area contributed by atoms with Gasteiger partial charge in [0.15, 0.2) is 0 Å². The fraction of sp³-hybridized carbons (Fsp3) is 0.917. The lowest BCUT2D eigenvalue weighted by Crippen LogP contribution is -2.50. The molecular weight excluding hydrogens is 216 g/mol. The van der Waals surface area contributed by atoms with E-state index in [-0.39, 0.29) is 6.03 Å². The quantitative estimate of drug-likeness (QED) is 0.650. The lowest BCUT2D eigenvalue weighted by Gasteiger charge is -2.30. The molecule has 0 aromatic heterocycles. The van der Waals surface area contributed by atoms with Gasteiger partial charge in [0.2, 0.25) is 0 Å². The summed E-state index contributed by atoms with van der Waals surface area (Å²) in [5, 5.41) is 9.34. The molecule has 0 aromatic carbocycles. The van der Waals surface area contributed by atoms with Gasteiger partial charge < -0.3 is 20.9 Å². The number of likely N-dealkylation sites (tertiary alicyclic amines) is 1. The van der Waals surface area contributed by atoms with E-state index >= 15 is 0 Å². The van der Waals surface area contributed by atoms with E-state index in [1.165, 1.54) is 12.8 Å². The van der Waals surface area contributed by atoms with Crippen molar-refractivity contribution < 1.29 is 4.79 Å². The van der Waals surface area contributed by atoms with E-state index in [9.17, 15) is 4.79 Å². The largest absolute Gasteiger partial charge is 0.338 e. The molecule has 0 saturated carbocycles. The van der Waals surface area contributed by atoms with Crippen LogP contribution in [0.15, 0.2) is 0 Å². The van der Waals surface area contributed by atoms with Crippen molar-refractivity contribution in [2.24, 2.45) is 5.92 Å². The van der Waals surface area contributed by atoms with E-state index in [0.29, 0.717) is 12.0 Å². The summed E-state index contributed by atoms with van der Waals surface area (Å²) in [6.07, 6.45) is 3.45. The van der Waals surface area contributed by atoms with Crippen LogP contribution >= 0.6 is 0 Å². The van der Waals surface area contributed by atoms with Gasteiger partial charge in [-0.25, -0.2) is 4.79 Å². The SMILES string of the molecule is CN1CCCC(NC(=O)NCC2CCNC2)C1. The molecule has 2 aliphatic rings. The van der Waals surface area contributed by atoms with Gasteiger partial charge in [0, 0.05) is 19.1 Å². The number of urea groups is 1. The summed E-state index contributed by atoms with van der Waals surface area (Å²) in [6.45, 7) is 5.03. The van der Waals surface area contributed by atoms with Crippen LogP contribution in [0, 0.1) is 5.92 Å². The number of nitrogens with one attached hydrogen (secondary N) is 3. The van der Waals surface area contributed by atoms with Crippen LogP contribution in [0.4, 0.5) is 4.79 Å². The second-order valence-corrected chi connectivity index (χ2v) is 5.31.